The zero-order valence-corrected chi connectivity index (χ0v) is 14.2. The molecule has 1 aliphatic heterocycles. The van der Waals surface area contributed by atoms with Gasteiger partial charge >= 0.3 is 0 Å². The first-order valence-corrected chi connectivity index (χ1v) is 8.95. The van der Waals surface area contributed by atoms with Crippen LogP contribution >= 0.6 is 11.8 Å². The van der Waals surface area contributed by atoms with Crippen LogP contribution in [0.15, 0.2) is 47.4 Å². The van der Waals surface area contributed by atoms with Crippen LogP contribution in [0.5, 0.6) is 11.5 Å². The van der Waals surface area contributed by atoms with Crippen molar-refractivity contribution >= 4 is 11.8 Å². The van der Waals surface area contributed by atoms with Gasteiger partial charge in [-0.2, -0.15) is 0 Å². The predicted molar refractivity (Wildman–Crippen MR) is 92.5 cm³/mol. The lowest BCUT2D eigenvalue weighted by molar-refractivity contribution is 0.171. The minimum Gasteiger partial charge on any atom is -0.486 e. The monoisotopic (exact) mass is 314 g/mol. The Morgan fingerprint density at radius 3 is 2.41 bits per heavy atom. The van der Waals surface area contributed by atoms with Gasteiger partial charge in [-0.05, 0) is 47.4 Å². The normalized spacial score (nSPS) is 16.1. The highest BCUT2D eigenvalue weighted by Gasteiger charge is 2.21. The van der Waals surface area contributed by atoms with Gasteiger partial charge in [-0.1, -0.05) is 38.1 Å². The van der Waals surface area contributed by atoms with Crippen molar-refractivity contribution in [1.82, 2.24) is 0 Å². The average molecular weight is 314 g/mol. The third-order valence-electron chi connectivity index (χ3n) is 4.47. The molecule has 2 aromatic carbocycles. The lowest BCUT2D eigenvalue weighted by Gasteiger charge is -2.25. The van der Waals surface area contributed by atoms with Crippen LogP contribution in [-0.2, 0) is 0 Å². The number of ether oxygens (including phenoxy) is 2. The van der Waals surface area contributed by atoms with Crippen LogP contribution in [0.2, 0.25) is 0 Å². The van der Waals surface area contributed by atoms with Crippen molar-refractivity contribution in [3.8, 4) is 11.5 Å². The summed E-state index contributed by atoms with van der Waals surface area (Å²) in [7, 11) is 0. The van der Waals surface area contributed by atoms with Crippen molar-refractivity contribution in [2.75, 3.05) is 19.5 Å². The van der Waals surface area contributed by atoms with E-state index < -0.39 is 0 Å². The topological polar surface area (TPSA) is 18.5 Å². The van der Waals surface area contributed by atoms with Gasteiger partial charge in [0.25, 0.3) is 0 Å². The summed E-state index contributed by atoms with van der Waals surface area (Å²) in [5, 5.41) is 0. The van der Waals surface area contributed by atoms with E-state index in [2.05, 4.69) is 56.5 Å². The van der Waals surface area contributed by atoms with Crippen LogP contribution in [0.3, 0.4) is 0 Å². The van der Waals surface area contributed by atoms with Gasteiger partial charge in [-0.25, -0.2) is 0 Å². The fourth-order valence-electron chi connectivity index (χ4n) is 2.94. The smallest absolute Gasteiger partial charge is 0.161 e. The minimum absolute atomic E-state index is 0.420. The highest BCUT2D eigenvalue weighted by molar-refractivity contribution is 7.98. The van der Waals surface area contributed by atoms with Gasteiger partial charge in [0.05, 0.1) is 0 Å². The quantitative estimate of drug-likeness (QED) is 0.733. The van der Waals surface area contributed by atoms with Crippen molar-refractivity contribution in [3.63, 3.8) is 0 Å². The lowest BCUT2D eigenvalue weighted by atomic mass is 9.84. The fraction of sp³-hybridized carbons (Fsp3) is 0.368. The Morgan fingerprint density at radius 1 is 0.909 bits per heavy atom. The van der Waals surface area contributed by atoms with Gasteiger partial charge in [-0.15, -0.1) is 11.8 Å². The molecule has 0 saturated heterocycles. The highest BCUT2D eigenvalue weighted by Crippen LogP contribution is 2.40. The highest BCUT2D eigenvalue weighted by atomic mass is 32.2. The molecule has 2 aromatic rings. The first kappa shape index (κ1) is 15.3. The van der Waals surface area contributed by atoms with E-state index in [0.29, 0.717) is 25.0 Å². The van der Waals surface area contributed by atoms with Crippen LogP contribution in [0.1, 0.15) is 36.8 Å². The SMILES string of the molecule is CSc1ccccc1[C@@H](C)C(C)c1ccc2c(c1)OCCO2. The van der Waals surface area contributed by atoms with E-state index in [0.717, 1.165) is 11.5 Å². The molecule has 0 amide bonds. The van der Waals surface area contributed by atoms with Crippen molar-refractivity contribution < 1.29 is 9.47 Å². The zero-order chi connectivity index (χ0) is 15.5. The van der Waals surface area contributed by atoms with Crippen LogP contribution in [-0.4, -0.2) is 19.5 Å². The summed E-state index contributed by atoms with van der Waals surface area (Å²) >= 11 is 1.81. The Balaban J connectivity index is 1.88. The number of rotatable bonds is 4. The van der Waals surface area contributed by atoms with Crippen molar-refractivity contribution in [1.29, 1.82) is 0 Å². The van der Waals surface area contributed by atoms with Crippen molar-refractivity contribution in [2.24, 2.45) is 0 Å². The molecule has 0 fully saturated rings. The average Bonchev–Trinajstić information content (AvgIpc) is 2.60. The van der Waals surface area contributed by atoms with Crippen molar-refractivity contribution in [2.45, 2.75) is 30.6 Å². The van der Waals surface area contributed by atoms with Gasteiger partial charge in [-0.3, -0.25) is 0 Å². The molecule has 3 rings (SSSR count). The Morgan fingerprint density at radius 2 is 1.64 bits per heavy atom. The molecular weight excluding hydrogens is 292 g/mol. The molecule has 116 valence electrons. The second-order valence-corrected chi connectivity index (χ2v) is 6.57. The summed E-state index contributed by atoms with van der Waals surface area (Å²) in [4.78, 5) is 1.36. The van der Waals surface area contributed by atoms with Crippen molar-refractivity contribution in [3.05, 3.63) is 53.6 Å². The summed E-state index contributed by atoms with van der Waals surface area (Å²) < 4.78 is 11.3. The summed E-state index contributed by atoms with van der Waals surface area (Å²) in [6.07, 6.45) is 2.14. The summed E-state index contributed by atoms with van der Waals surface area (Å²) in [6, 6.07) is 15.0. The standard InChI is InChI=1S/C19H22O2S/c1-13(14(2)16-6-4-5-7-19(16)22-3)15-8-9-17-18(12-15)21-11-10-20-17/h4-9,12-14H,10-11H2,1-3H3/t13?,14-/m0/s1. The number of benzene rings is 2. The first-order valence-electron chi connectivity index (χ1n) is 7.73. The summed E-state index contributed by atoms with van der Waals surface area (Å²) in [5.74, 6) is 2.61. The molecule has 0 aliphatic carbocycles. The molecule has 0 spiro atoms. The first-order chi connectivity index (χ1) is 10.7. The molecule has 3 heteroatoms. The molecule has 0 aromatic heterocycles. The molecule has 2 nitrogen and oxygen atoms in total. The summed E-state index contributed by atoms with van der Waals surface area (Å²) in [6.45, 7) is 5.86. The second-order valence-electron chi connectivity index (χ2n) is 5.72. The molecule has 0 N–H and O–H groups in total. The van der Waals surface area contributed by atoms with E-state index in [9.17, 15) is 0 Å². The van der Waals surface area contributed by atoms with E-state index in [4.69, 9.17) is 9.47 Å². The predicted octanol–water partition coefficient (Wildman–Crippen LogP) is 5.09. The van der Waals surface area contributed by atoms with E-state index in [-0.39, 0.29) is 0 Å². The lowest BCUT2D eigenvalue weighted by Crippen LogP contribution is -2.16. The molecule has 0 radical (unpaired) electrons. The van der Waals surface area contributed by atoms with E-state index >= 15 is 0 Å². The maximum absolute atomic E-state index is 5.72. The molecule has 22 heavy (non-hydrogen) atoms. The van der Waals surface area contributed by atoms with Gasteiger partial charge in [0.15, 0.2) is 11.5 Å². The fourth-order valence-corrected chi connectivity index (χ4v) is 3.65. The Bertz CT molecular complexity index is 654. The van der Waals surface area contributed by atoms with Crippen LogP contribution < -0.4 is 9.47 Å². The number of fused-ring (bicyclic) bond motifs is 1. The van der Waals surface area contributed by atoms with Gasteiger partial charge in [0.2, 0.25) is 0 Å². The van der Waals surface area contributed by atoms with E-state index in [1.165, 1.54) is 16.0 Å². The van der Waals surface area contributed by atoms with Crippen LogP contribution in [0.25, 0.3) is 0 Å². The van der Waals surface area contributed by atoms with Crippen LogP contribution in [0.4, 0.5) is 0 Å². The maximum Gasteiger partial charge on any atom is 0.161 e. The van der Waals surface area contributed by atoms with Crippen LogP contribution in [0, 0.1) is 0 Å². The number of thioether (sulfide) groups is 1. The van der Waals surface area contributed by atoms with E-state index in [1.54, 1.807) is 0 Å². The maximum atomic E-state index is 5.72. The molecule has 0 saturated carbocycles. The Labute approximate surface area is 136 Å². The van der Waals surface area contributed by atoms with Gasteiger partial charge in [0, 0.05) is 4.90 Å². The molecule has 1 aliphatic rings. The number of hydrogen-bond acceptors (Lipinski definition) is 3. The Hall–Kier alpha value is -1.61. The largest absolute Gasteiger partial charge is 0.486 e. The van der Waals surface area contributed by atoms with Gasteiger partial charge < -0.3 is 9.47 Å². The minimum atomic E-state index is 0.420. The number of hydrogen-bond donors (Lipinski definition) is 0. The Kier molecular flexibility index (Phi) is 4.63. The third kappa shape index (κ3) is 2.95. The van der Waals surface area contributed by atoms with Gasteiger partial charge in [0.1, 0.15) is 13.2 Å². The van der Waals surface area contributed by atoms with E-state index in [1.807, 2.05) is 17.8 Å². The third-order valence-corrected chi connectivity index (χ3v) is 5.28. The molecule has 2 atom stereocenters. The molecular formula is C19H22O2S. The zero-order valence-electron chi connectivity index (χ0n) is 13.3. The molecule has 1 unspecified atom stereocenters. The molecule has 1 heterocycles. The summed E-state index contributed by atoms with van der Waals surface area (Å²) in [5.41, 5.74) is 2.71. The molecule has 0 bridgehead atoms. The second kappa shape index (κ2) is 6.66.